The van der Waals surface area contributed by atoms with Gasteiger partial charge < -0.3 is 0 Å². The van der Waals surface area contributed by atoms with Crippen LogP contribution in [0.4, 0.5) is 0 Å². The van der Waals surface area contributed by atoms with Gasteiger partial charge in [0.05, 0.1) is 8.07 Å². The molecule has 0 bridgehead atoms. The molecule has 0 aliphatic heterocycles. The van der Waals surface area contributed by atoms with Crippen LogP contribution in [-0.2, 0) is 0 Å². The van der Waals surface area contributed by atoms with Crippen molar-refractivity contribution in [3.8, 4) is 0 Å². The second kappa shape index (κ2) is 8.80. The summed E-state index contributed by atoms with van der Waals surface area (Å²) in [7, 11) is -1.09. The molecule has 0 aliphatic rings. The summed E-state index contributed by atoms with van der Waals surface area (Å²) in [5.41, 5.74) is 0. The smallest absolute Gasteiger partial charge is 0.0724 e. The molecule has 0 aromatic carbocycles. The van der Waals surface area contributed by atoms with Crippen LogP contribution in [0.15, 0.2) is 23.9 Å². The maximum atomic E-state index is 3.86. The number of allylic oxidation sites excluding steroid dienone is 3. The van der Waals surface area contributed by atoms with Gasteiger partial charge in [-0.25, -0.2) is 0 Å². The Balaban J connectivity index is 3.91. The van der Waals surface area contributed by atoms with E-state index in [9.17, 15) is 0 Å². The molecule has 0 heterocycles. The Morgan fingerprint density at radius 3 is 2.19 bits per heavy atom. The molecular weight excluding hydrogens is 208 g/mol. The van der Waals surface area contributed by atoms with E-state index in [0.29, 0.717) is 0 Å². The molecule has 16 heavy (non-hydrogen) atoms. The highest BCUT2D eigenvalue weighted by molar-refractivity contribution is 6.83. The number of hydrogen-bond acceptors (Lipinski definition) is 0. The summed E-state index contributed by atoms with van der Waals surface area (Å²) in [6.07, 6.45) is 13.9. The summed E-state index contributed by atoms with van der Waals surface area (Å²) >= 11 is 0. The van der Waals surface area contributed by atoms with Gasteiger partial charge in [0.2, 0.25) is 0 Å². The third-order valence-corrected chi connectivity index (χ3v) is 5.36. The molecule has 0 spiro atoms. The highest BCUT2D eigenvalue weighted by atomic mass is 28.3. The third-order valence-electron chi connectivity index (χ3n) is 3.03. The monoisotopic (exact) mass is 238 g/mol. The molecular formula is C15H30Si. The Bertz CT molecular complexity index is 208. The van der Waals surface area contributed by atoms with Crippen molar-refractivity contribution in [2.75, 3.05) is 0 Å². The van der Waals surface area contributed by atoms with Crippen LogP contribution in [-0.4, -0.2) is 8.07 Å². The lowest BCUT2D eigenvalue weighted by Gasteiger charge is -2.20. The fourth-order valence-electron chi connectivity index (χ4n) is 1.88. The van der Waals surface area contributed by atoms with Crippen LogP contribution in [0.5, 0.6) is 0 Å². The standard InChI is InChI=1S/C15H30Si/c1-6-8-9-10-11-12-14-15(13-7-2)16(3,4)5/h7,14H,2,6,8-13H2,1,3-5H3/b15-14-. The van der Waals surface area contributed by atoms with Gasteiger partial charge in [0.1, 0.15) is 0 Å². The minimum absolute atomic E-state index is 1.09. The van der Waals surface area contributed by atoms with Gasteiger partial charge in [0.25, 0.3) is 0 Å². The molecule has 0 fully saturated rings. The van der Waals surface area contributed by atoms with Crippen LogP contribution in [0.1, 0.15) is 51.9 Å². The first-order valence-corrected chi connectivity index (χ1v) is 10.3. The van der Waals surface area contributed by atoms with Gasteiger partial charge in [-0.1, -0.05) is 69.6 Å². The van der Waals surface area contributed by atoms with Gasteiger partial charge in [-0.2, -0.15) is 0 Å². The Morgan fingerprint density at radius 2 is 1.69 bits per heavy atom. The van der Waals surface area contributed by atoms with E-state index in [1.54, 1.807) is 5.20 Å². The number of unbranched alkanes of at least 4 members (excludes halogenated alkanes) is 5. The predicted molar refractivity (Wildman–Crippen MR) is 79.6 cm³/mol. The van der Waals surface area contributed by atoms with Crippen molar-refractivity contribution >= 4 is 8.07 Å². The molecule has 0 aromatic rings. The number of hydrogen-bond donors (Lipinski definition) is 0. The van der Waals surface area contributed by atoms with Gasteiger partial charge in [0, 0.05) is 0 Å². The maximum Gasteiger partial charge on any atom is 0.0724 e. The normalized spacial score (nSPS) is 12.9. The van der Waals surface area contributed by atoms with Crippen molar-refractivity contribution in [2.45, 2.75) is 71.5 Å². The van der Waals surface area contributed by atoms with Crippen LogP contribution in [0.25, 0.3) is 0 Å². The molecule has 0 saturated carbocycles. The average molecular weight is 238 g/mol. The molecule has 94 valence electrons. The summed E-state index contributed by atoms with van der Waals surface area (Å²) < 4.78 is 0. The lowest BCUT2D eigenvalue weighted by atomic mass is 10.1. The second-order valence-corrected chi connectivity index (χ2v) is 10.8. The van der Waals surface area contributed by atoms with E-state index in [1.807, 2.05) is 0 Å². The van der Waals surface area contributed by atoms with E-state index in [2.05, 4.69) is 45.3 Å². The zero-order valence-electron chi connectivity index (χ0n) is 11.8. The van der Waals surface area contributed by atoms with Gasteiger partial charge in [0.15, 0.2) is 0 Å². The molecule has 1 heteroatoms. The summed E-state index contributed by atoms with van der Waals surface area (Å²) in [6.45, 7) is 13.4. The Labute approximate surface area is 104 Å². The number of rotatable bonds is 9. The first-order valence-electron chi connectivity index (χ1n) is 6.82. The Hall–Kier alpha value is -0.303. The van der Waals surface area contributed by atoms with E-state index in [1.165, 1.54) is 38.5 Å². The SMILES string of the molecule is C=CC/C(=C/CCCCCCC)[Si](C)(C)C. The van der Waals surface area contributed by atoms with Gasteiger partial charge in [-0.3, -0.25) is 0 Å². The molecule has 0 radical (unpaired) electrons. The fourth-order valence-corrected chi connectivity index (χ4v) is 3.39. The molecule has 0 saturated heterocycles. The molecule has 0 aliphatic carbocycles. The first kappa shape index (κ1) is 15.7. The Kier molecular flexibility index (Phi) is 8.64. The molecule has 0 aromatic heterocycles. The fraction of sp³-hybridized carbons (Fsp3) is 0.733. The van der Waals surface area contributed by atoms with Gasteiger partial charge in [-0.15, -0.1) is 6.58 Å². The summed E-state index contributed by atoms with van der Waals surface area (Å²) in [5, 5.41) is 1.68. The zero-order valence-corrected chi connectivity index (χ0v) is 12.8. The molecule has 0 atom stereocenters. The summed E-state index contributed by atoms with van der Waals surface area (Å²) in [5.74, 6) is 0. The van der Waals surface area contributed by atoms with E-state index < -0.39 is 8.07 Å². The molecule has 0 unspecified atom stereocenters. The van der Waals surface area contributed by atoms with Crippen molar-refractivity contribution in [2.24, 2.45) is 0 Å². The minimum Gasteiger partial charge on any atom is -0.103 e. The van der Waals surface area contributed by atoms with Crippen LogP contribution >= 0.6 is 0 Å². The van der Waals surface area contributed by atoms with Crippen molar-refractivity contribution in [3.63, 3.8) is 0 Å². The summed E-state index contributed by atoms with van der Waals surface area (Å²) in [4.78, 5) is 0. The topological polar surface area (TPSA) is 0 Å². The highest BCUT2D eigenvalue weighted by Crippen LogP contribution is 2.20. The summed E-state index contributed by atoms with van der Waals surface area (Å²) in [6, 6.07) is 0. The van der Waals surface area contributed by atoms with E-state index >= 15 is 0 Å². The third kappa shape index (κ3) is 7.92. The van der Waals surface area contributed by atoms with Crippen LogP contribution in [0.2, 0.25) is 19.6 Å². The van der Waals surface area contributed by atoms with Gasteiger partial charge in [-0.05, 0) is 19.3 Å². The van der Waals surface area contributed by atoms with Crippen molar-refractivity contribution < 1.29 is 0 Å². The molecule has 0 nitrogen and oxygen atoms in total. The maximum absolute atomic E-state index is 3.86. The lowest BCUT2D eigenvalue weighted by Crippen LogP contribution is -2.23. The zero-order chi connectivity index (χ0) is 12.4. The average Bonchev–Trinajstić information content (AvgIpc) is 2.20. The van der Waals surface area contributed by atoms with E-state index in [-0.39, 0.29) is 0 Å². The van der Waals surface area contributed by atoms with Crippen LogP contribution in [0, 0.1) is 0 Å². The molecule has 0 amide bonds. The highest BCUT2D eigenvalue weighted by Gasteiger charge is 2.17. The molecule has 0 rings (SSSR count). The van der Waals surface area contributed by atoms with E-state index in [0.717, 1.165) is 6.42 Å². The van der Waals surface area contributed by atoms with E-state index in [4.69, 9.17) is 0 Å². The van der Waals surface area contributed by atoms with Crippen molar-refractivity contribution in [3.05, 3.63) is 23.9 Å². The van der Waals surface area contributed by atoms with Gasteiger partial charge >= 0.3 is 0 Å². The largest absolute Gasteiger partial charge is 0.103 e. The first-order chi connectivity index (χ1) is 7.52. The predicted octanol–water partition coefficient (Wildman–Crippen LogP) is 5.73. The Morgan fingerprint density at radius 1 is 1.06 bits per heavy atom. The molecule has 0 N–H and O–H groups in total. The second-order valence-electron chi connectivity index (χ2n) is 5.68. The van der Waals surface area contributed by atoms with Crippen molar-refractivity contribution in [1.82, 2.24) is 0 Å². The lowest BCUT2D eigenvalue weighted by molar-refractivity contribution is 0.637. The van der Waals surface area contributed by atoms with Crippen molar-refractivity contribution in [1.29, 1.82) is 0 Å². The minimum atomic E-state index is -1.09. The van der Waals surface area contributed by atoms with Crippen LogP contribution < -0.4 is 0 Å². The quantitative estimate of drug-likeness (QED) is 0.273. The van der Waals surface area contributed by atoms with Crippen LogP contribution in [0.3, 0.4) is 0 Å².